The Morgan fingerprint density at radius 1 is 0.500 bits per heavy atom. The molecule has 8 heteroatoms. The Balaban J connectivity index is 0. The molecule has 0 radical (unpaired) electrons. The molecule has 0 aliphatic rings. The zero-order valence-corrected chi connectivity index (χ0v) is 7.77. The van der Waals surface area contributed by atoms with E-state index in [1.807, 2.05) is 0 Å². The zero-order valence-electron chi connectivity index (χ0n) is 6.04. The van der Waals surface area contributed by atoms with Gasteiger partial charge in [-0.3, -0.25) is 0 Å². The molecule has 0 aromatic rings. The second kappa shape index (κ2) is 3.75. The molecule has 0 bridgehead atoms. The molecule has 0 atom stereocenters. The SMILES string of the molecule is N#[C][Ru]([C]#N)([C]#N)([C]#N)([C]#N)[C]#N.[KH]. The third-order valence-electron chi connectivity index (χ3n) is 1.19. The number of rotatable bonds is 0. The van der Waals surface area contributed by atoms with Crippen molar-refractivity contribution in [3.8, 4) is 28.0 Å². The quantitative estimate of drug-likeness (QED) is 0.549. The molecule has 0 aromatic heterocycles. The predicted molar refractivity (Wildman–Crippen MR) is 40.8 cm³/mol. The van der Waals surface area contributed by atoms with Crippen LogP contribution in [0.5, 0.6) is 0 Å². The fourth-order valence-corrected chi connectivity index (χ4v) is 1.57. The van der Waals surface area contributed by atoms with E-state index in [0.29, 0.717) is 0 Å². The minimum absolute atomic E-state index is 0. The molecule has 0 saturated heterocycles. The van der Waals surface area contributed by atoms with Gasteiger partial charge in [0, 0.05) is 0 Å². The molecule has 0 unspecified atom stereocenters. The number of nitriles is 6. The fraction of sp³-hybridized carbons (Fsp3) is 0. The second-order valence-corrected chi connectivity index (χ2v) is 10.6. The van der Waals surface area contributed by atoms with Crippen LogP contribution in [0.3, 0.4) is 0 Å². The van der Waals surface area contributed by atoms with Gasteiger partial charge in [-0.05, 0) is 0 Å². The van der Waals surface area contributed by atoms with E-state index in [-0.39, 0.29) is 51.4 Å². The third kappa shape index (κ3) is 1.37. The van der Waals surface area contributed by atoms with E-state index in [4.69, 9.17) is 31.6 Å². The molecular weight excluding hydrogens is 296 g/mol. The average molecular weight is 297 g/mol. The van der Waals surface area contributed by atoms with Crippen molar-refractivity contribution < 1.29 is 12.4 Å². The molecule has 6 nitrogen and oxygen atoms in total. The van der Waals surface area contributed by atoms with E-state index >= 15 is 0 Å². The summed E-state index contributed by atoms with van der Waals surface area (Å²) in [6.07, 6.45) is 0. The Bertz CT molecular complexity index is 392. The monoisotopic (exact) mass is 298 g/mol. The summed E-state index contributed by atoms with van der Waals surface area (Å²) in [7, 11) is 0. The van der Waals surface area contributed by atoms with Crippen molar-refractivity contribution in [2.45, 2.75) is 0 Å². The van der Waals surface area contributed by atoms with Gasteiger partial charge in [0.2, 0.25) is 0 Å². The summed E-state index contributed by atoms with van der Waals surface area (Å²) in [5.74, 6) is 0. The van der Waals surface area contributed by atoms with Crippen LogP contribution in [0.4, 0.5) is 0 Å². The van der Waals surface area contributed by atoms with Crippen molar-refractivity contribution in [1.29, 1.82) is 31.6 Å². The zero-order chi connectivity index (χ0) is 10.7. The van der Waals surface area contributed by atoms with Gasteiger partial charge in [0.15, 0.2) is 0 Å². The number of hydrogen-bond acceptors (Lipinski definition) is 6. The van der Waals surface area contributed by atoms with Crippen molar-refractivity contribution in [1.82, 2.24) is 0 Å². The van der Waals surface area contributed by atoms with Crippen LogP contribution < -0.4 is 0 Å². The summed E-state index contributed by atoms with van der Waals surface area (Å²) < 4.78 is 6.37. The van der Waals surface area contributed by atoms with Gasteiger partial charge in [-0.2, -0.15) is 0 Å². The molecule has 14 heavy (non-hydrogen) atoms. The molecule has 0 saturated carbocycles. The van der Waals surface area contributed by atoms with Gasteiger partial charge < -0.3 is 0 Å². The Hall–Kier alpha value is -0.800. The van der Waals surface area contributed by atoms with Crippen LogP contribution in [0.1, 0.15) is 0 Å². The Morgan fingerprint density at radius 2 is 0.643 bits per heavy atom. The molecule has 0 spiro atoms. The molecule has 0 N–H and O–H groups in total. The van der Waals surface area contributed by atoms with Gasteiger partial charge in [0.1, 0.15) is 0 Å². The van der Waals surface area contributed by atoms with Crippen molar-refractivity contribution in [2.24, 2.45) is 0 Å². The maximum atomic E-state index is 8.59. The van der Waals surface area contributed by atoms with Crippen LogP contribution in [-0.2, 0) is 12.4 Å². The van der Waals surface area contributed by atoms with Crippen LogP contribution in [0.25, 0.3) is 0 Å². The van der Waals surface area contributed by atoms with E-state index in [2.05, 4.69) is 0 Å². The summed E-state index contributed by atoms with van der Waals surface area (Å²) in [4.78, 5) is 0. The molecule has 0 aromatic carbocycles. The number of nitrogens with zero attached hydrogens (tertiary/aromatic N) is 6. The van der Waals surface area contributed by atoms with Gasteiger partial charge in [-0.15, -0.1) is 0 Å². The first kappa shape index (κ1) is 15.7. The first-order valence-corrected chi connectivity index (χ1v) is 7.62. The van der Waals surface area contributed by atoms with Crippen molar-refractivity contribution in [3.63, 3.8) is 0 Å². The third-order valence-corrected chi connectivity index (χ3v) is 7.02. The Morgan fingerprint density at radius 3 is 0.643 bits per heavy atom. The first-order chi connectivity index (χ1) is 5.97. The molecule has 0 aliphatic carbocycles. The van der Waals surface area contributed by atoms with Gasteiger partial charge >= 0.3 is 123 Å². The molecule has 0 aliphatic heterocycles. The molecule has 0 fully saturated rings. The van der Waals surface area contributed by atoms with Crippen LogP contribution in [0.2, 0.25) is 0 Å². The minimum atomic E-state index is -6.55. The van der Waals surface area contributed by atoms with Gasteiger partial charge in [-0.1, -0.05) is 0 Å². The van der Waals surface area contributed by atoms with E-state index in [9.17, 15) is 0 Å². The number of hydrogen-bond donors (Lipinski definition) is 0. The Kier molecular flexibility index (Phi) is 4.20. The Labute approximate surface area is 121 Å². The summed E-state index contributed by atoms with van der Waals surface area (Å²) in [6, 6.07) is 0. The standard InChI is InChI=1S/6CN.K.Ru.H/c6*1-2;;;. The van der Waals surface area contributed by atoms with Crippen molar-refractivity contribution in [3.05, 3.63) is 0 Å². The average Bonchev–Trinajstić information content (AvgIpc) is 2.26. The van der Waals surface area contributed by atoms with Crippen LogP contribution in [0, 0.1) is 59.6 Å². The van der Waals surface area contributed by atoms with Crippen molar-refractivity contribution in [2.75, 3.05) is 0 Å². The van der Waals surface area contributed by atoms with E-state index in [1.165, 1.54) is 0 Å². The van der Waals surface area contributed by atoms with Crippen LogP contribution in [-0.4, -0.2) is 51.4 Å². The molecular formula is C6HKN6Ru. The predicted octanol–water partition coefficient (Wildman–Crippen LogP) is -0.550. The summed E-state index contributed by atoms with van der Waals surface area (Å²) in [5, 5.41) is 51.6. The van der Waals surface area contributed by atoms with E-state index in [1.54, 1.807) is 0 Å². The molecule has 0 amide bonds. The molecule has 0 heterocycles. The fourth-order valence-electron chi connectivity index (χ4n) is 0.265. The first-order valence-electron chi connectivity index (χ1n) is 2.40. The summed E-state index contributed by atoms with van der Waals surface area (Å²) in [5.41, 5.74) is 0. The van der Waals surface area contributed by atoms with E-state index in [0.717, 1.165) is 28.0 Å². The molecule has 64 valence electrons. The summed E-state index contributed by atoms with van der Waals surface area (Å²) in [6.45, 7) is 0. The summed E-state index contributed by atoms with van der Waals surface area (Å²) >= 11 is -6.55. The van der Waals surface area contributed by atoms with Gasteiger partial charge in [0.05, 0.1) is 0 Å². The maximum absolute atomic E-state index is 8.59. The van der Waals surface area contributed by atoms with Crippen molar-refractivity contribution >= 4 is 51.4 Å². The molecule has 0 rings (SSSR count). The normalized spacial score (nSPS) is 12.4. The van der Waals surface area contributed by atoms with Crippen LogP contribution >= 0.6 is 0 Å². The van der Waals surface area contributed by atoms with E-state index < -0.39 is 12.4 Å². The topological polar surface area (TPSA) is 143 Å². The second-order valence-electron chi connectivity index (χ2n) is 1.80. The van der Waals surface area contributed by atoms with Crippen LogP contribution in [0.15, 0.2) is 0 Å². The van der Waals surface area contributed by atoms with Gasteiger partial charge in [-0.25, -0.2) is 0 Å². The van der Waals surface area contributed by atoms with Gasteiger partial charge in [0.25, 0.3) is 0 Å².